The molecule has 0 saturated heterocycles. The van der Waals surface area contributed by atoms with Gasteiger partial charge in [-0.3, -0.25) is 0 Å². The molecule has 0 aliphatic rings. The highest BCUT2D eigenvalue weighted by Crippen LogP contribution is 2.24. The maximum atomic E-state index is 5.97. The van der Waals surface area contributed by atoms with Crippen LogP contribution in [0.1, 0.15) is 24.4 Å². The van der Waals surface area contributed by atoms with E-state index in [2.05, 4.69) is 9.97 Å². The van der Waals surface area contributed by atoms with Gasteiger partial charge in [0.2, 0.25) is 0 Å². The van der Waals surface area contributed by atoms with E-state index in [4.69, 9.17) is 4.74 Å². The summed E-state index contributed by atoms with van der Waals surface area (Å²) in [7, 11) is 0. The molecule has 0 fully saturated rings. The highest BCUT2D eigenvalue weighted by Gasteiger charge is 2.13. The van der Waals surface area contributed by atoms with E-state index in [9.17, 15) is 0 Å². The van der Waals surface area contributed by atoms with E-state index in [0.29, 0.717) is 0 Å². The van der Waals surface area contributed by atoms with Crippen LogP contribution in [0.5, 0.6) is 5.75 Å². The van der Waals surface area contributed by atoms with Crippen LogP contribution in [0.25, 0.3) is 11.0 Å². The number of ether oxygens (including phenoxy) is 1. The van der Waals surface area contributed by atoms with Crippen molar-refractivity contribution >= 4 is 11.0 Å². The minimum atomic E-state index is -0.103. The minimum Gasteiger partial charge on any atom is -0.483 e. The summed E-state index contributed by atoms with van der Waals surface area (Å²) in [5, 5.41) is 0. The number of nitrogens with one attached hydrogen (secondary N) is 1. The molecule has 2 aromatic carbocycles. The normalized spacial score (nSPS) is 12.5. The second-order valence-electron chi connectivity index (χ2n) is 4.66. The van der Waals surface area contributed by atoms with Crippen molar-refractivity contribution in [1.29, 1.82) is 0 Å². The van der Waals surface area contributed by atoms with Crippen LogP contribution in [0.2, 0.25) is 0 Å². The Balaban J connectivity index is 1.87. The van der Waals surface area contributed by atoms with Gasteiger partial charge in [0.15, 0.2) is 6.10 Å². The summed E-state index contributed by atoms with van der Waals surface area (Å²) in [6, 6.07) is 16.0. The summed E-state index contributed by atoms with van der Waals surface area (Å²) in [5.41, 5.74) is 3.14. The molecular formula is C16H16N2O. The maximum absolute atomic E-state index is 5.97. The number of benzene rings is 2. The summed E-state index contributed by atoms with van der Waals surface area (Å²) in [6.45, 7) is 4.05. The van der Waals surface area contributed by atoms with Crippen LogP contribution in [0.15, 0.2) is 48.5 Å². The molecule has 3 aromatic rings. The third kappa shape index (κ3) is 2.32. The van der Waals surface area contributed by atoms with E-state index in [1.807, 2.05) is 62.4 Å². The predicted octanol–water partition coefficient (Wildman–Crippen LogP) is 4.01. The van der Waals surface area contributed by atoms with Gasteiger partial charge in [-0.15, -0.1) is 0 Å². The van der Waals surface area contributed by atoms with Gasteiger partial charge in [-0.2, -0.15) is 0 Å². The Kier molecular flexibility index (Phi) is 2.95. The number of fused-ring (bicyclic) bond motifs is 1. The van der Waals surface area contributed by atoms with Crippen molar-refractivity contribution in [2.45, 2.75) is 20.0 Å². The molecule has 0 saturated carbocycles. The Labute approximate surface area is 112 Å². The zero-order chi connectivity index (χ0) is 13.2. The van der Waals surface area contributed by atoms with Gasteiger partial charge < -0.3 is 9.72 Å². The summed E-state index contributed by atoms with van der Waals surface area (Å²) in [4.78, 5) is 7.86. The van der Waals surface area contributed by atoms with E-state index in [-0.39, 0.29) is 6.10 Å². The molecule has 96 valence electrons. The first-order valence-corrected chi connectivity index (χ1v) is 6.41. The molecule has 0 amide bonds. The predicted molar refractivity (Wildman–Crippen MR) is 76.3 cm³/mol. The number of para-hydroxylation sites is 3. The molecule has 1 N–H and O–H groups in total. The van der Waals surface area contributed by atoms with Gasteiger partial charge in [-0.25, -0.2) is 4.98 Å². The van der Waals surface area contributed by atoms with Crippen LogP contribution >= 0.6 is 0 Å². The van der Waals surface area contributed by atoms with Crippen LogP contribution in [0.4, 0.5) is 0 Å². The Hall–Kier alpha value is -2.29. The highest BCUT2D eigenvalue weighted by atomic mass is 16.5. The second-order valence-corrected chi connectivity index (χ2v) is 4.66. The van der Waals surface area contributed by atoms with E-state index in [1.54, 1.807) is 0 Å². The van der Waals surface area contributed by atoms with Crippen LogP contribution < -0.4 is 4.74 Å². The average molecular weight is 252 g/mol. The number of hydrogen-bond donors (Lipinski definition) is 1. The average Bonchev–Trinajstić information content (AvgIpc) is 2.85. The van der Waals surface area contributed by atoms with Crippen molar-refractivity contribution in [1.82, 2.24) is 9.97 Å². The fourth-order valence-electron chi connectivity index (χ4n) is 2.10. The van der Waals surface area contributed by atoms with Crippen molar-refractivity contribution in [3.63, 3.8) is 0 Å². The van der Waals surface area contributed by atoms with E-state index < -0.39 is 0 Å². The third-order valence-electron chi connectivity index (χ3n) is 3.19. The molecule has 3 nitrogen and oxygen atoms in total. The first kappa shape index (κ1) is 11.8. The zero-order valence-electron chi connectivity index (χ0n) is 11.1. The number of hydrogen-bond acceptors (Lipinski definition) is 2. The summed E-state index contributed by atoms with van der Waals surface area (Å²) < 4.78 is 5.97. The minimum absolute atomic E-state index is 0.103. The van der Waals surface area contributed by atoms with Crippen molar-refractivity contribution in [3.8, 4) is 5.75 Å². The molecule has 1 heterocycles. The van der Waals surface area contributed by atoms with Gasteiger partial charge in [0.05, 0.1) is 11.0 Å². The second kappa shape index (κ2) is 4.76. The zero-order valence-corrected chi connectivity index (χ0v) is 11.1. The lowest BCUT2D eigenvalue weighted by atomic mass is 10.2. The number of rotatable bonds is 3. The van der Waals surface area contributed by atoms with Crippen molar-refractivity contribution in [2.75, 3.05) is 0 Å². The number of H-pyrrole nitrogens is 1. The fraction of sp³-hybridized carbons (Fsp3) is 0.188. The van der Waals surface area contributed by atoms with E-state index >= 15 is 0 Å². The summed E-state index contributed by atoms with van der Waals surface area (Å²) in [5.74, 6) is 1.75. The lowest BCUT2D eigenvalue weighted by Crippen LogP contribution is -2.05. The van der Waals surface area contributed by atoms with Gasteiger partial charge in [0.1, 0.15) is 11.6 Å². The largest absolute Gasteiger partial charge is 0.483 e. The Morgan fingerprint density at radius 1 is 1.05 bits per heavy atom. The molecule has 0 spiro atoms. The van der Waals surface area contributed by atoms with Crippen LogP contribution in [0, 0.1) is 6.92 Å². The molecular weight excluding hydrogens is 236 g/mol. The lowest BCUT2D eigenvalue weighted by Gasteiger charge is -2.14. The van der Waals surface area contributed by atoms with E-state index in [0.717, 1.165) is 28.2 Å². The first-order valence-electron chi connectivity index (χ1n) is 6.41. The third-order valence-corrected chi connectivity index (χ3v) is 3.19. The molecule has 19 heavy (non-hydrogen) atoms. The van der Waals surface area contributed by atoms with Crippen LogP contribution in [-0.2, 0) is 0 Å². The molecule has 0 unspecified atom stereocenters. The Morgan fingerprint density at radius 2 is 1.79 bits per heavy atom. The fourth-order valence-corrected chi connectivity index (χ4v) is 2.10. The van der Waals surface area contributed by atoms with Crippen molar-refractivity contribution in [2.24, 2.45) is 0 Å². The van der Waals surface area contributed by atoms with Crippen LogP contribution in [0.3, 0.4) is 0 Å². The van der Waals surface area contributed by atoms with Crippen molar-refractivity contribution < 1.29 is 4.74 Å². The SMILES string of the molecule is Cc1ccccc1O[C@H](C)c1nc2ccccc2[nH]1. The summed E-state index contributed by atoms with van der Waals surface area (Å²) in [6.07, 6.45) is -0.103. The van der Waals surface area contributed by atoms with Crippen LogP contribution in [-0.4, -0.2) is 9.97 Å². The number of imidazole rings is 1. The lowest BCUT2D eigenvalue weighted by molar-refractivity contribution is 0.216. The molecule has 3 rings (SSSR count). The number of aromatic amines is 1. The van der Waals surface area contributed by atoms with Gasteiger partial charge >= 0.3 is 0 Å². The van der Waals surface area contributed by atoms with Gasteiger partial charge in [-0.05, 0) is 37.6 Å². The summed E-state index contributed by atoms with van der Waals surface area (Å²) >= 11 is 0. The quantitative estimate of drug-likeness (QED) is 0.764. The highest BCUT2D eigenvalue weighted by molar-refractivity contribution is 5.74. The number of aromatic nitrogens is 2. The monoisotopic (exact) mass is 252 g/mol. The first-order chi connectivity index (χ1) is 9.24. The topological polar surface area (TPSA) is 37.9 Å². The molecule has 3 heteroatoms. The Bertz CT molecular complexity index is 670. The van der Waals surface area contributed by atoms with Crippen molar-refractivity contribution in [3.05, 3.63) is 59.9 Å². The molecule has 0 radical (unpaired) electrons. The smallest absolute Gasteiger partial charge is 0.153 e. The van der Waals surface area contributed by atoms with E-state index in [1.165, 1.54) is 0 Å². The molecule has 0 aliphatic heterocycles. The molecule has 0 aliphatic carbocycles. The standard InChI is InChI=1S/C16H16N2O/c1-11-7-3-6-10-15(11)19-12(2)16-17-13-8-4-5-9-14(13)18-16/h3-10,12H,1-2H3,(H,17,18)/t12-/m1/s1. The molecule has 1 aromatic heterocycles. The molecule has 1 atom stereocenters. The molecule has 0 bridgehead atoms. The van der Waals surface area contributed by atoms with Gasteiger partial charge in [0.25, 0.3) is 0 Å². The van der Waals surface area contributed by atoms with Gasteiger partial charge in [-0.1, -0.05) is 30.3 Å². The Morgan fingerprint density at radius 3 is 2.58 bits per heavy atom. The van der Waals surface area contributed by atoms with Gasteiger partial charge in [0, 0.05) is 0 Å². The maximum Gasteiger partial charge on any atom is 0.153 e. The number of aryl methyl sites for hydroxylation is 1. The number of nitrogens with zero attached hydrogens (tertiary/aromatic N) is 1.